The summed E-state index contributed by atoms with van der Waals surface area (Å²) in [6.45, 7) is 7.02. The molecule has 3 atom stereocenters. The van der Waals surface area contributed by atoms with E-state index in [1.807, 2.05) is 13.8 Å². The molecule has 0 aliphatic carbocycles. The molecule has 2 aliphatic rings. The number of rotatable bonds is 7. The van der Waals surface area contributed by atoms with E-state index in [0.717, 1.165) is 19.3 Å². The molecule has 3 rings (SSSR count). The van der Waals surface area contributed by atoms with Crippen LogP contribution in [0, 0.1) is 5.41 Å². The number of esters is 1. The van der Waals surface area contributed by atoms with Crippen LogP contribution < -0.4 is 11.1 Å². The lowest BCUT2D eigenvalue weighted by Gasteiger charge is -2.35. The standard InChI is InChI=1S/C23H31N3O6/c1-5-6-7-12-17-23(20(32-14(2)27)22(3,4)13-31-21(30)25-23)26(17)19(29)16-11-9-8-10-15(16)18(24)28/h8-11,17,20H,5-7,12-13H2,1-4H3,(H2,24,28)(H,25,30)/t17-,20+,23+,26?/m1/s1. The van der Waals surface area contributed by atoms with E-state index in [0.29, 0.717) is 6.42 Å². The Morgan fingerprint density at radius 2 is 1.88 bits per heavy atom. The predicted molar refractivity (Wildman–Crippen MR) is 116 cm³/mol. The Balaban J connectivity index is 2.10. The molecule has 2 heterocycles. The number of benzene rings is 1. The van der Waals surface area contributed by atoms with Gasteiger partial charge in [-0.15, -0.1) is 0 Å². The number of unbranched alkanes of at least 4 members (excludes halogenated alkanes) is 2. The van der Waals surface area contributed by atoms with Gasteiger partial charge in [0.2, 0.25) is 5.91 Å². The van der Waals surface area contributed by atoms with Gasteiger partial charge in [0.15, 0.2) is 11.8 Å². The van der Waals surface area contributed by atoms with Crippen molar-refractivity contribution in [3.63, 3.8) is 0 Å². The summed E-state index contributed by atoms with van der Waals surface area (Å²) in [7, 11) is 0. The van der Waals surface area contributed by atoms with E-state index in [4.69, 9.17) is 15.2 Å². The molecule has 9 heteroatoms. The van der Waals surface area contributed by atoms with Crippen LogP contribution in [0.5, 0.6) is 0 Å². The molecule has 0 aromatic heterocycles. The van der Waals surface area contributed by atoms with Crippen molar-refractivity contribution in [2.45, 2.75) is 71.2 Å². The first-order valence-corrected chi connectivity index (χ1v) is 10.9. The van der Waals surface area contributed by atoms with Crippen LogP contribution in [-0.4, -0.2) is 53.2 Å². The number of nitrogens with two attached hydrogens (primary N) is 1. The third-order valence-electron chi connectivity index (χ3n) is 6.14. The van der Waals surface area contributed by atoms with E-state index in [9.17, 15) is 19.2 Å². The number of alkyl carbamates (subject to hydrolysis) is 1. The van der Waals surface area contributed by atoms with Crippen molar-refractivity contribution in [2.75, 3.05) is 6.61 Å². The van der Waals surface area contributed by atoms with Crippen LogP contribution in [0.2, 0.25) is 0 Å². The van der Waals surface area contributed by atoms with Crippen LogP contribution in [0.25, 0.3) is 0 Å². The van der Waals surface area contributed by atoms with Gasteiger partial charge < -0.3 is 20.1 Å². The van der Waals surface area contributed by atoms with Crippen LogP contribution in [0.1, 0.15) is 74.1 Å². The average molecular weight is 446 g/mol. The smallest absolute Gasteiger partial charge is 0.409 e. The maximum atomic E-state index is 13.7. The topological polar surface area (TPSA) is 128 Å². The van der Waals surface area contributed by atoms with E-state index in [1.54, 1.807) is 12.1 Å². The Morgan fingerprint density at radius 3 is 2.47 bits per heavy atom. The number of primary amides is 1. The number of nitrogens with one attached hydrogen (secondary N) is 1. The zero-order valence-electron chi connectivity index (χ0n) is 19.0. The minimum Gasteiger partial charge on any atom is -0.457 e. The Hall–Kier alpha value is -3.10. The zero-order chi connectivity index (χ0) is 23.7. The fourth-order valence-corrected chi connectivity index (χ4v) is 4.67. The molecule has 2 fully saturated rings. The Labute approximate surface area is 187 Å². The van der Waals surface area contributed by atoms with Gasteiger partial charge in [-0.05, 0) is 18.6 Å². The quantitative estimate of drug-likeness (QED) is 0.377. The van der Waals surface area contributed by atoms with Crippen molar-refractivity contribution in [1.29, 1.82) is 0 Å². The van der Waals surface area contributed by atoms with Gasteiger partial charge in [0.1, 0.15) is 6.61 Å². The van der Waals surface area contributed by atoms with E-state index >= 15 is 0 Å². The number of carbonyl (C=O) groups is 4. The SMILES string of the molecule is CCCCC[C@H]1N(C(=O)c2ccccc2C(N)=O)[C@@]12NC(=O)OCC(C)(C)[C@@H]2OC(C)=O. The van der Waals surface area contributed by atoms with E-state index in [2.05, 4.69) is 12.2 Å². The second-order valence-electron chi connectivity index (χ2n) is 9.10. The van der Waals surface area contributed by atoms with Gasteiger partial charge in [0.05, 0.1) is 17.2 Å². The van der Waals surface area contributed by atoms with Crippen LogP contribution in [-0.2, 0) is 14.3 Å². The predicted octanol–water partition coefficient (Wildman–Crippen LogP) is 2.58. The highest BCUT2D eigenvalue weighted by molar-refractivity contribution is 6.08. The van der Waals surface area contributed by atoms with E-state index in [-0.39, 0.29) is 17.7 Å². The molecular formula is C23H31N3O6. The Morgan fingerprint density at radius 1 is 1.22 bits per heavy atom. The summed E-state index contributed by atoms with van der Waals surface area (Å²) in [5.41, 5.74) is 3.66. The highest BCUT2D eigenvalue weighted by atomic mass is 16.6. The van der Waals surface area contributed by atoms with Gasteiger partial charge in [-0.3, -0.25) is 19.7 Å². The molecule has 174 valence electrons. The molecule has 0 bridgehead atoms. The summed E-state index contributed by atoms with van der Waals surface area (Å²) in [5.74, 6) is -1.71. The number of hydrogen-bond acceptors (Lipinski definition) is 6. The zero-order valence-corrected chi connectivity index (χ0v) is 19.0. The normalized spacial score (nSPS) is 26.0. The lowest BCUT2D eigenvalue weighted by atomic mass is 9.81. The van der Waals surface area contributed by atoms with Crippen molar-refractivity contribution >= 4 is 23.9 Å². The van der Waals surface area contributed by atoms with Crippen molar-refractivity contribution < 1.29 is 28.7 Å². The van der Waals surface area contributed by atoms with E-state index in [1.165, 1.54) is 24.0 Å². The molecule has 2 saturated heterocycles. The fourth-order valence-electron chi connectivity index (χ4n) is 4.67. The third kappa shape index (κ3) is 4.16. The minimum atomic E-state index is -1.28. The summed E-state index contributed by atoms with van der Waals surface area (Å²) < 4.78 is 11.0. The molecule has 32 heavy (non-hydrogen) atoms. The van der Waals surface area contributed by atoms with E-state index < -0.39 is 47.1 Å². The van der Waals surface area contributed by atoms with Crippen molar-refractivity contribution in [2.24, 2.45) is 11.1 Å². The van der Waals surface area contributed by atoms with Crippen molar-refractivity contribution in [3.8, 4) is 0 Å². The molecule has 9 nitrogen and oxygen atoms in total. The number of nitrogens with zero attached hydrogens (tertiary/aromatic N) is 1. The summed E-state index contributed by atoms with van der Waals surface area (Å²) in [6.07, 6.45) is 1.79. The van der Waals surface area contributed by atoms with Crippen LogP contribution in [0.3, 0.4) is 0 Å². The summed E-state index contributed by atoms with van der Waals surface area (Å²) >= 11 is 0. The van der Waals surface area contributed by atoms with Gasteiger partial charge in [0.25, 0.3) is 5.91 Å². The van der Waals surface area contributed by atoms with Gasteiger partial charge in [-0.25, -0.2) is 4.79 Å². The third-order valence-corrected chi connectivity index (χ3v) is 6.14. The van der Waals surface area contributed by atoms with Gasteiger partial charge in [-0.1, -0.05) is 52.2 Å². The molecular weight excluding hydrogens is 414 g/mol. The number of ether oxygens (including phenoxy) is 2. The van der Waals surface area contributed by atoms with Crippen LogP contribution >= 0.6 is 0 Å². The maximum Gasteiger partial charge on any atom is 0.409 e. The molecule has 1 aromatic carbocycles. The highest BCUT2D eigenvalue weighted by Gasteiger charge is 2.74. The molecule has 0 unspecified atom stereocenters. The molecule has 1 aromatic rings. The molecule has 2 aliphatic heterocycles. The number of hydrogen-bond donors (Lipinski definition) is 2. The first-order valence-electron chi connectivity index (χ1n) is 10.9. The second-order valence-corrected chi connectivity index (χ2v) is 9.10. The monoisotopic (exact) mass is 445 g/mol. The molecule has 1 spiro atoms. The summed E-state index contributed by atoms with van der Waals surface area (Å²) in [4.78, 5) is 51.7. The van der Waals surface area contributed by atoms with Crippen molar-refractivity contribution in [3.05, 3.63) is 35.4 Å². The first kappa shape index (κ1) is 23.6. The van der Waals surface area contributed by atoms with Crippen LogP contribution in [0.15, 0.2) is 24.3 Å². The molecule has 3 N–H and O–H groups in total. The highest BCUT2D eigenvalue weighted by Crippen LogP contribution is 2.52. The average Bonchev–Trinajstić information content (AvgIpc) is 3.38. The number of amides is 3. The van der Waals surface area contributed by atoms with Gasteiger partial charge >= 0.3 is 12.1 Å². The second kappa shape index (κ2) is 8.80. The number of cyclic esters (lactones) is 1. The fraction of sp³-hybridized carbons (Fsp3) is 0.565. The van der Waals surface area contributed by atoms with Crippen molar-refractivity contribution in [1.82, 2.24) is 10.2 Å². The molecule has 0 radical (unpaired) electrons. The minimum absolute atomic E-state index is 0.0140. The number of carbonyl (C=O) groups excluding carboxylic acids is 4. The largest absolute Gasteiger partial charge is 0.457 e. The van der Waals surface area contributed by atoms with Crippen LogP contribution in [0.4, 0.5) is 4.79 Å². The maximum absolute atomic E-state index is 13.7. The summed E-state index contributed by atoms with van der Waals surface area (Å²) in [6, 6.07) is 5.85. The lowest BCUT2D eigenvalue weighted by Crippen LogP contribution is -2.56. The Kier molecular flexibility index (Phi) is 6.48. The molecule has 3 amide bonds. The summed E-state index contributed by atoms with van der Waals surface area (Å²) in [5, 5.41) is 2.82. The first-order chi connectivity index (χ1) is 15.1. The Bertz CT molecular complexity index is 930. The van der Waals surface area contributed by atoms with Gasteiger partial charge in [-0.2, -0.15) is 0 Å². The lowest BCUT2D eigenvalue weighted by molar-refractivity contribution is -0.157. The van der Waals surface area contributed by atoms with Gasteiger partial charge in [0, 0.05) is 12.3 Å². The molecule has 0 saturated carbocycles.